The lowest BCUT2D eigenvalue weighted by atomic mass is 10.2. The van der Waals surface area contributed by atoms with Gasteiger partial charge >= 0.3 is 0 Å². The number of thioether (sulfide) groups is 1. The third-order valence-corrected chi connectivity index (χ3v) is 5.60. The Morgan fingerprint density at radius 3 is 2.75 bits per heavy atom. The number of nitrogens with zero attached hydrogens (tertiary/aromatic N) is 4. The van der Waals surface area contributed by atoms with E-state index in [9.17, 15) is 4.79 Å². The van der Waals surface area contributed by atoms with Crippen LogP contribution in [-0.4, -0.2) is 64.8 Å². The molecule has 0 bridgehead atoms. The smallest absolute Gasteiger partial charge is 0.258 e. The van der Waals surface area contributed by atoms with Gasteiger partial charge in [0.2, 0.25) is 0 Å². The highest BCUT2D eigenvalue weighted by Gasteiger charge is 2.13. The Balaban J connectivity index is 1.60. The predicted molar refractivity (Wildman–Crippen MR) is 126 cm³/mol. The molecule has 0 aliphatic heterocycles. The van der Waals surface area contributed by atoms with Crippen LogP contribution >= 0.6 is 11.8 Å². The van der Waals surface area contributed by atoms with Crippen molar-refractivity contribution in [3.8, 4) is 5.75 Å². The highest BCUT2D eigenvalue weighted by molar-refractivity contribution is 7.99. The van der Waals surface area contributed by atoms with Gasteiger partial charge in [-0.1, -0.05) is 36.4 Å². The molecule has 2 heterocycles. The number of aromatic nitrogens is 4. The maximum Gasteiger partial charge on any atom is 0.258 e. The number of fused-ring (bicyclic) bond motifs is 1. The second-order valence-electron chi connectivity index (χ2n) is 7.18. The summed E-state index contributed by atoms with van der Waals surface area (Å²) in [5.41, 5.74) is 1.88. The number of carbonyl (C=O) groups is 1. The number of aryl methyl sites for hydroxylation is 1. The first-order valence-corrected chi connectivity index (χ1v) is 11.6. The van der Waals surface area contributed by atoms with Crippen molar-refractivity contribution >= 4 is 34.5 Å². The number of rotatable bonds is 13. The van der Waals surface area contributed by atoms with Crippen LogP contribution in [0.5, 0.6) is 5.75 Å². The van der Waals surface area contributed by atoms with E-state index in [2.05, 4.69) is 32.6 Å². The number of nitrogens with one attached hydrogen (secondary N) is 2. The molecule has 32 heavy (non-hydrogen) atoms. The van der Waals surface area contributed by atoms with E-state index in [1.165, 1.54) is 0 Å². The predicted octanol–water partition coefficient (Wildman–Crippen LogP) is 2.89. The fraction of sp³-hybridized carbons (Fsp3) is 0.455. The molecule has 0 spiro atoms. The van der Waals surface area contributed by atoms with Gasteiger partial charge in [0, 0.05) is 26.0 Å². The van der Waals surface area contributed by atoms with E-state index >= 15 is 0 Å². The Morgan fingerprint density at radius 1 is 1.19 bits per heavy atom. The minimum absolute atomic E-state index is 0.0313. The first-order chi connectivity index (χ1) is 15.6. The monoisotopic (exact) mass is 458 g/mol. The van der Waals surface area contributed by atoms with Crippen molar-refractivity contribution in [3.05, 3.63) is 36.0 Å². The lowest BCUT2D eigenvalue weighted by molar-refractivity contribution is -0.123. The van der Waals surface area contributed by atoms with Gasteiger partial charge < -0.3 is 20.1 Å². The fourth-order valence-electron chi connectivity index (χ4n) is 2.90. The number of carbonyl (C=O) groups excluding carboxylic acids is 1. The van der Waals surface area contributed by atoms with Crippen molar-refractivity contribution < 1.29 is 14.3 Å². The van der Waals surface area contributed by atoms with Gasteiger partial charge in [0.25, 0.3) is 5.91 Å². The zero-order valence-corrected chi connectivity index (χ0v) is 19.6. The van der Waals surface area contributed by atoms with Gasteiger partial charge in [-0.25, -0.2) is 14.6 Å². The molecule has 1 amide bonds. The maximum atomic E-state index is 12.1. The van der Waals surface area contributed by atoms with Crippen LogP contribution in [-0.2, 0) is 16.1 Å². The summed E-state index contributed by atoms with van der Waals surface area (Å²) in [6.45, 7) is 6.23. The number of benzene rings is 1. The highest BCUT2D eigenvalue weighted by atomic mass is 32.2. The number of ether oxygens (including phenoxy) is 2. The van der Waals surface area contributed by atoms with E-state index in [1.807, 2.05) is 31.2 Å². The summed E-state index contributed by atoms with van der Waals surface area (Å²) in [7, 11) is 1.66. The molecule has 172 valence electrons. The second kappa shape index (κ2) is 12.3. The molecular weight excluding hydrogens is 428 g/mol. The van der Waals surface area contributed by atoms with Crippen molar-refractivity contribution in [2.24, 2.45) is 0 Å². The molecule has 9 nitrogen and oxygen atoms in total. The first kappa shape index (κ1) is 23.8. The lowest BCUT2D eigenvalue weighted by Crippen LogP contribution is -2.31. The summed E-state index contributed by atoms with van der Waals surface area (Å²) >= 11 is 1.61. The molecule has 0 saturated carbocycles. The van der Waals surface area contributed by atoms with Gasteiger partial charge in [0.1, 0.15) is 11.6 Å². The Bertz CT molecular complexity index is 1010. The highest BCUT2D eigenvalue weighted by Crippen LogP contribution is 2.24. The summed E-state index contributed by atoms with van der Waals surface area (Å²) in [6, 6.07) is 7.60. The molecule has 0 atom stereocenters. The molecule has 0 radical (unpaired) electrons. The summed E-state index contributed by atoms with van der Waals surface area (Å²) in [4.78, 5) is 21.5. The van der Waals surface area contributed by atoms with Crippen LogP contribution in [0.2, 0.25) is 0 Å². The maximum absolute atomic E-state index is 12.1. The van der Waals surface area contributed by atoms with Gasteiger partial charge in [-0.05, 0) is 25.5 Å². The molecule has 3 aromatic rings. The van der Waals surface area contributed by atoms with Crippen LogP contribution in [0.25, 0.3) is 11.0 Å². The van der Waals surface area contributed by atoms with E-state index in [0.29, 0.717) is 37.1 Å². The summed E-state index contributed by atoms with van der Waals surface area (Å²) in [6.07, 6.45) is 2.79. The summed E-state index contributed by atoms with van der Waals surface area (Å²) in [5.74, 6) is 2.17. The third kappa shape index (κ3) is 6.83. The van der Waals surface area contributed by atoms with Gasteiger partial charge in [-0.2, -0.15) is 5.10 Å². The number of methoxy groups -OCH3 is 1. The zero-order chi connectivity index (χ0) is 22.8. The average Bonchev–Trinajstić information content (AvgIpc) is 3.20. The van der Waals surface area contributed by atoms with Crippen molar-refractivity contribution in [1.82, 2.24) is 25.1 Å². The Hall–Kier alpha value is -2.85. The van der Waals surface area contributed by atoms with Crippen molar-refractivity contribution in [2.45, 2.75) is 32.0 Å². The van der Waals surface area contributed by atoms with Crippen LogP contribution in [0, 0.1) is 6.92 Å². The van der Waals surface area contributed by atoms with E-state index in [-0.39, 0.29) is 12.5 Å². The molecule has 0 saturated heterocycles. The van der Waals surface area contributed by atoms with Crippen LogP contribution in [0.15, 0.2) is 35.6 Å². The SMILES string of the molecule is CCCSc1nc(NCCOC)c2cnn(CCNC(=O)COc3ccc(C)cc3)c2n1. The van der Waals surface area contributed by atoms with E-state index in [1.54, 1.807) is 29.8 Å². The largest absolute Gasteiger partial charge is 0.484 e. The minimum atomic E-state index is -0.183. The van der Waals surface area contributed by atoms with Crippen molar-refractivity contribution in [1.29, 1.82) is 0 Å². The normalized spacial score (nSPS) is 11.0. The molecule has 0 unspecified atom stereocenters. The zero-order valence-electron chi connectivity index (χ0n) is 18.8. The summed E-state index contributed by atoms with van der Waals surface area (Å²) < 4.78 is 12.4. The number of hydrogen-bond donors (Lipinski definition) is 2. The molecule has 3 rings (SSSR count). The van der Waals surface area contributed by atoms with Crippen LogP contribution in [0.1, 0.15) is 18.9 Å². The molecule has 10 heteroatoms. The lowest BCUT2D eigenvalue weighted by Gasteiger charge is -2.10. The second-order valence-corrected chi connectivity index (χ2v) is 8.24. The Morgan fingerprint density at radius 2 is 2.00 bits per heavy atom. The quantitative estimate of drug-likeness (QED) is 0.229. The Labute approximate surface area is 192 Å². The topological polar surface area (TPSA) is 103 Å². The molecule has 1 aromatic carbocycles. The molecule has 0 fully saturated rings. The van der Waals surface area contributed by atoms with Gasteiger partial charge in [-0.15, -0.1) is 0 Å². The molecule has 0 aliphatic rings. The van der Waals surface area contributed by atoms with Crippen molar-refractivity contribution in [2.75, 3.05) is 44.5 Å². The van der Waals surface area contributed by atoms with E-state index in [0.717, 1.165) is 34.6 Å². The van der Waals surface area contributed by atoms with E-state index < -0.39 is 0 Å². The van der Waals surface area contributed by atoms with Crippen LogP contribution < -0.4 is 15.4 Å². The minimum Gasteiger partial charge on any atom is -0.484 e. The molecular formula is C22H30N6O3S. The standard InChI is InChI=1S/C22H30N6O3S/c1-4-13-32-22-26-20(24-10-12-30-3)18-14-25-28(21(18)27-22)11-9-23-19(29)15-31-17-7-5-16(2)6-8-17/h5-8,14H,4,9-13,15H2,1-3H3,(H,23,29)(H,24,26,27). The number of anilines is 1. The summed E-state index contributed by atoms with van der Waals surface area (Å²) in [5, 5.41) is 12.2. The van der Waals surface area contributed by atoms with Gasteiger partial charge in [-0.3, -0.25) is 4.79 Å². The van der Waals surface area contributed by atoms with Gasteiger partial charge in [0.05, 0.1) is 24.7 Å². The number of amides is 1. The third-order valence-electron chi connectivity index (χ3n) is 4.55. The fourth-order valence-corrected chi connectivity index (χ4v) is 3.59. The first-order valence-electron chi connectivity index (χ1n) is 10.7. The van der Waals surface area contributed by atoms with Crippen molar-refractivity contribution in [3.63, 3.8) is 0 Å². The molecule has 2 N–H and O–H groups in total. The van der Waals surface area contributed by atoms with Crippen LogP contribution in [0.4, 0.5) is 5.82 Å². The van der Waals surface area contributed by atoms with Gasteiger partial charge in [0.15, 0.2) is 17.4 Å². The van der Waals surface area contributed by atoms with Crippen LogP contribution in [0.3, 0.4) is 0 Å². The average molecular weight is 459 g/mol. The number of hydrogen-bond acceptors (Lipinski definition) is 8. The molecule has 2 aromatic heterocycles. The van der Waals surface area contributed by atoms with E-state index in [4.69, 9.17) is 9.47 Å². The molecule has 0 aliphatic carbocycles. The Kier molecular flexibility index (Phi) is 9.12.